The SMILES string of the molecule is COC(=O)C(O)CNS(=O)(=O)c1ncccc1F. The second kappa shape index (κ2) is 5.85. The number of sulfonamides is 1. The van der Waals surface area contributed by atoms with E-state index in [-0.39, 0.29) is 0 Å². The van der Waals surface area contributed by atoms with Gasteiger partial charge in [0.2, 0.25) is 5.03 Å². The number of methoxy groups -OCH3 is 1. The quantitative estimate of drug-likeness (QED) is 0.671. The fourth-order valence-electron chi connectivity index (χ4n) is 1.05. The summed E-state index contributed by atoms with van der Waals surface area (Å²) in [5, 5.41) is 8.38. The average molecular weight is 278 g/mol. The molecule has 0 radical (unpaired) electrons. The van der Waals surface area contributed by atoms with Crippen molar-refractivity contribution in [2.45, 2.75) is 11.1 Å². The molecule has 7 nitrogen and oxygen atoms in total. The second-order valence-corrected chi connectivity index (χ2v) is 4.86. The molecule has 1 heterocycles. The monoisotopic (exact) mass is 278 g/mol. The van der Waals surface area contributed by atoms with Gasteiger partial charge in [-0.2, -0.15) is 0 Å². The van der Waals surface area contributed by atoms with E-state index in [1.807, 2.05) is 4.72 Å². The smallest absolute Gasteiger partial charge is 0.336 e. The first-order valence-electron chi connectivity index (χ1n) is 4.74. The van der Waals surface area contributed by atoms with Crippen molar-refractivity contribution in [1.29, 1.82) is 0 Å². The summed E-state index contributed by atoms with van der Waals surface area (Å²) in [6.07, 6.45) is -0.564. The van der Waals surface area contributed by atoms with Crippen LogP contribution in [0.25, 0.3) is 0 Å². The van der Waals surface area contributed by atoms with Gasteiger partial charge in [0.15, 0.2) is 11.9 Å². The van der Waals surface area contributed by atoms with Crippen molar-refractivity contribution in [3.05, 3.63) is 24.1 Å². The molecule has 0 aromatic carbocycles. The lowest BCUT2D eigenvalue weighted by atomic mass is 10.4. The van der Waals surface area contributed by atoms with E-state index in [1.54, 1.807) is 0 Å². The first-order chi connectivity index (χ1) is 8.38. The summed E-state index contributed by atoms with van der Waals surface area (Å²) < 4.78 is 42.4. The minimum atomic E-state index is -4.23. The van der Waals surface area contributed by atoms with Crippen LogP contribution in [0.15, 0.2) is 23.4 Å². The number of hydrogen-bond acceptors (Lipinski definition) is 6. The van der Waals surface area contributed by atoms with Crippen LogP contribution >= 0.6 is 0 Å². The Morgan fingerprint density at radius 1 is 1.67 bits per heavy atom. The molecule has 1 atom stereocenters. The minimum absolute atomic E-state index is 0.634. The Balaban J connectivity index is 2.78. The van der Waals surface area contributed by atoms with E-state index in [2.05, 4.69) is 9.72 Å². The van der Waals surface area contributed by atoms with Gasteiger partial charge in [-0.25, -0.2) is 27.3 Å². The zero-order valence-corrected chi connectivity index (χ0v) is 10.1. The first-order valence-corrected chi connectivity index (χ1v) is 6.23. The van der Waals surface area contributed by atoms with Crippen LogP contribution in [0.4, 0.5) is 4.39 Å². The molecule has 18 heavy (non-hydrogen) atoms. The first kappa shape index (κ1) is 14.5. The Kier molecular flexibility index (Phi) is 4.70. The maximum atomic E-state index is 13.2. The van der Waals surface area contributed by atoms with Crippen LogP contribution in [0.1, 0.15) is 0 Å². The summed E-state index contributed by atoms with van der Waals surface area (Å²) in [6, 6.07) is 2.16. The van der Waals surface area contributed by atoms with Crippen LogP contribution in [0.2, 0.25) is 0 Å². The molecule has 1 aromatic heterocycles. The van der Waals surface area contributed by atoms with E-state index < -0.39 is 39.5 Å². The van der Waals surface area contributed by atoms with E-state index in [1.165, 1.54) is 6.07 Å². The predicted molar refractivity (Wildman–Crippen MR) is 57.4 cm³/mol. The predicted octanol–water partition coefficient (Wildman–Crippen LogP) is -0.967. The van der Waals surface area contributed by atoms with Gasteiger partial charge < -0.3 is 9.84 Å². The van der Waals surface area contributed by atoms with Crippen molar-refractivity contribution in [3.8, 4) is 0 Å². The molecule has 0 saturated carbocycles. The Labute approximate surface area is 103 Å². The number of halogens is 1. The van der Waals surface area contributed by atoms with E-state index in [0.717, 1.165) is 19.4 Å². The van der Waals surface area contributed by atoms with Crippen molar-refractivity contribution in [1.82, 2.24) is 9.71 Å². The molecular weight excluding hydrogens is 267 g/mol. The molecule has 1 aromatic rings. The van der Waals surface area contributed by atoms with Gasteiger partial charge in [-0.15, -0.1) is 0 Å². The molecule has 1 rings (SSSR count). The molecule has 0 fully saturated rings. The third-order valence-electron chi connectivity index (χ3n) is 1.92. The van der Waals surface area contributed by atoms with Crippen LogP contribution in [0.3, 0.4) is 0 Å². The molecule has 2 N–H and O–H groups in total. The number of nitrogens with one attached hydrogen (secondary N) is 1. The second-order valence-electron chi connectivity index (χ2n) is 3.18. The van der Waals surface area contributed by atoms with Gasteiger partial charge in [-0.05, 0) is 12.1 Å². The number of aliphatic hydroxyl groups is 1. The minimum Gasteiger partial charge on any atom is -0.467 e. The Morgan fingerprint density at radius 3 is 2.89 bits per heavy atom. The summed E-state index contributed by atoms with van der Waals surface area (Å²) >= 11 is 0. The fourth-order valence-corrected chi connectivity index (χ4v) is 2.08. The molecule has 1 unspecified atom stereocenters. The molecule has 0 aliphatic rings. The summed E-state index contributed by atoms with van der Waals surface area (Å²) in [6.45, 7) is -0.634. The molecule has 0 amide bonds. The lowest BCUT2D eigenvalue weighted by Gasteiger charge is -2.10. The largest absolute Gasteiger partial charge is 0.467 e. The van der Waals surface area contributed by atoms with Crippen molar-refractivity contribution in [3.63, 3.8) is 0 Å². The van der Waals surface area contributed by atoms with Crippen molar-refractivity contribution in [2.75, 3.05) is 13.7 Å². The number of hydrogen-bond donors (Lipinski definition) is 2. The Morgan fingerprint density at radius 2 is 2.33 bits per heavy atom. The number of pyridine rings is 1. The number of aliphatic hydroxyl groups excluding tert-OH is 1. The molecule has 9 heteroatoms. The molecule has 0 aliphatic heterocycles. The molecule has 100 valence electrons. The molecule has 0 spiro atoms. The van der Waals surface area contributed by atoms with Crippen LogP contribution in [-0.2, 0) is 19.6 Å². The van der Waals surface area contributed by atoms with Gasteiger partial charge in [0, 0.05) is 12.7 Å². The number of nitrogens with zero attached hydrogens (tertiary/aromatic N) is 1. The fraction of sp³-hybridized carbons (Fsp3) is 0.333. The van der Waals surface area contributed by atoms with E-state index in [0.29, 0.717) is 0 Å². The molecule has 0 bridgehead atoms. The third kappa shape index (κ3) is 3.45. The van der Waals surface area contributed by atoms with Crippen LogP contribution in [-0.4, -0.2) is 44.2 Å². The highest BCUT2D eigenvalue weighted by Crippen LogP contribution is 2.09. The maximum absolute atomic E-state index is 13.2. The summed E-state index contributed by atoms with van der Waals surface area (Å²) in [4.78, 5) is 14.2. The average Bonchev–Trinajstić information content (AvgIpc) is 2.35. The van der Waals surface area contributed by atoms with Gasteiger partial charge >= 0.3 is 5.97 Å². The van der Waals surface area contributed by atoms with Gasteiger partial charge in [0.25, 0.3) is 10.0 Å². The highest BCUT2D eigenvalue weighted by Gasteiger charge is 2.23. The van der Waals surface area contributed by atoms with Crippen LogP contribution in [0.5, 0.6) is 0 Å². The molecule has 0 aliphatic carbocycles. The van der Waals surface area contributed by atoms with Crippen molar-refractivity contribution < 1.29 is 27.4 Å². The van der Waals surface area contributed by atoms with Crippen molar-refractivity contribution in [2.24, 2.45) is 0 Å². The van der Waals surface area contributed by atoms with Gasteiger partial charge in [-0.3, -0.25) is 0 Å². The molecular formula is C9H11FN2O5S. The van der Waals surface area contributed by atoms with Crippen LogP contribution < -0.4 is 4.72 Å². The van der Waals surface area contributed by atoms with Crippen molar-refractivity contribution >= 4 is 16.0 Å². The normalized spacial score (nSPS) is 13.1. The van der Waals surface area contributed by atoms with Gasteiger partial charge in [0.1, 0.15) is 0 Å². The topological polar surface area (TPSA) is 106 Å². The van der Waals surface area contributed by atoms with Gasteiger partial charge in [-0.1, -0.05) is 0 Å². The molecule has 0 saturated heterocycles. The highest BCUT2D eigenvalue weighted by molar-refractivity contribution is 7.89. The number of carbonyl (C=O) groups is 1. The Hall–Kier alpha value is -1.58. The number of rotatable bonds is 5. The highest BCUT2D eigenvalue weighted by atomic mass is 32.2. The summed E-state index contributed by atoms with van der Waals surface area (Å²) in [5.41, 5.74) is 0. The van der Waals surface area contributed by atoms with E-state index >= 15 is 0 Å². The zero-order valence-electron chi connectivity index (χ0n) is 9.33. The van der Waals surface area contributed by atoms with Gasteiger partial charge in [0.05, 0.1) is 7.11 Å². The van der Waals surface area contributed by atoms with E-state index in [4.69, 9.17) is 0 Å². The number of ether oxygens (including phenoxy) is 1. The number of carbonyl (C=O) groups excluding carboxylic acids is 1. The summed E-state index contributed by atoms with van der Waals surface area (Å²) in [7, 11) is -3.19. The summed E-state index contributed by atoms with van der Waals surface area (Å²) in [5.74, 6) is -2.03. The number of esters is 1. The lowest BCUT2D eigenvalue weighted by Crippen LogP contribution is -2.37. The Bertz CT molecular complexity index is 534. The standard InChI is InChI=1S/C9H11FN2O5S/c1-17-9(14)7(13)5-12-18(15,16)8-6(10)3-2-4-11-8/h2-4,7,12-13H,5H2,1H3. The third-order valence-corrected chi connectivity index (χ3v) is 3.28. The number of aromatic nitrogens is 1. The zero-order chi connectivity index (χ0) is 13.8. The van der Waals surface area contributed by atoms with E-state index in [9.17, 15) is 22.7 Å². The van der Waals surface area contributed by atoms with Crippen LogP contribution in [0, 0.1) is 5.82 Å². The lowest BCUT2D eigenvalue weighted by molar-refractivity contribution is -0.149. The maximum Gasteiger partial charge on any atom is 0.336 e.